The summed E-state index contributed by atoms with van der Waals surface area (Å²) in [7, 11) is 1.81. The zero-order chi connectivity index (χ0) is 22.2. The van der Waals surface area contributed by atoms with Gasteiger partial charge in [-0.15, -0.1) is 0 Å². The first-order valence-corrected chi connectivity index (χ1v) is 11.2. The van der Waals surface area contributed by atoms with E-state index in [4.69, 9.17) is 4.42 Å². The second-order valence-electron chi connectivity index (χ2n) is 8.97. The van der Waals surface area contributed by atoms with Crippen LogP contribution in [0.25, 0.3) is 22.6 Å². The highest BCUT2D eigenvalue weighted by Gasteiger charge is 2.36. The van der Waals surface area contributed by atoms with Gasteiger partial charge >= 0.3 is 0 Å². The van der Waals surface area contributed by atoms with Crippen molar-refractivity contribution in [2.75, 3.05) is 7.05 Å². The molecule has 2 aromatic carbocycles. The molecule has 7 heteroatoms. The molecule has 2 aliphatic rings. The van der Waals surface area contributed by atoms with Crippen LogP contribution in [0.5, 0.6) is 0 Å². The minimum Gasteiger partial charge on any atom is -0.436 e. The Balaban J connectivity index is 1.21. The number of hydrogen-bond acceptors (Lipinski definition) is 5. The summed E-state index contributed by atoms with van der Waals surface area (Å²) in [5.74, 6) is 0.451. The third-order valence-corrected chi connectivity index (χ3v) is 6.78. The summed E-state index contributed by atoms with van der Waals surface area (Å²) < 4.78 is 5.80. The van der Waals surface area contributed by atoms with E-state index in [-0.39, 0.29) is 35.9 Å². The molecule has 0 unspecified atom stereocenters. The Labute approximate surface area is 186 Å². The molecular weight excluding hydrogens is 406 g/mol. The van der Waals surface area contributed by atoms with Gasteiger partial charge in [0.25, 0.3) is 5.91 Å². The minimum absolute atomic E-state index is 0.0435. The van der Waals surface area contributed by atoms with Crippen molar-refractivity contribution in [3.63, 3.8) is 0 Å². The van der Waals surface area contributed by atoms with Gasteiger partial charge < -0.3 is 19.7 Å². The monoisotopic (exact) mass is 433 g/mol. The van der Waals surface area contributed by atoms with Gasteiger partial charge in [-0.3, -0.25) is 9.59 Å². The highest BCUT2D eigenvalue weighted by molar-refractivity contribution is 5.95. The number of aromatic nitrogens is 1. The van der Waals surface area contributed by atoms with Crippen LogP contribution >= 0.6 is 0 Å². The molecule has 2 fully saturated rings. The molecule has 5 rings (SSSR count). The summed E-state index contributed by atoms with van der Waals surface area (Å²) in [4.78, 5) is 31.8. The van der Waals surface area contributed by atoms with E-state index < -0.39 is 0 Å². The molecule has 2 N–H and O–H groups in total. The first-order chi connectivity index (χ1) is 15.5. The number of fused-ring (bicyclic) bond motifs is 1. The van der Waals surface area contributed by atoms with Gasteiger partial charge in [0, 0.05) is 36.2 Å². The number of carbonyl (C=O) groups excluding carboxylic acids is 2. The van der Waals surface area contributed by atoms with E-state index in [9.17, 15) is 14.7 Å². The number of amides is 2. The Kier molecular flexibility index (Phi) is 5.43. The quantitative estimate of drug-likeness (QED) is 0.643. The molecule has 2 saturated carbocycles. The smallest absolute Gasteiger partial charge is 0.253 e. The fourth-order valence-electron chi connectivity index (χ4n) is 4.69. The largest absolute Gasteiger partial charge is 0.436 e. The topological polar surface area (TPSA) is 95.7 Å². The Bertz CT molecular complexity index is 1100. The van der Waals surface area contributed by atoms with E-state index in [1.807, 2.05) is 43.4 Å². The summed E-state index contributed by atoms with van der Waals surface area (Å²) in [6.45, 7) is 0. The van der Waals surface area contributed by atoms with Crippen LogP contribution in [0.4, 0.5) is 0 Å². The fourth-order valence-corrected chi connectivity index (χ4v) is 4.69. The summed E-state index contributed by atoms with van der Waals surface area (Å²) in [6, 6.07) is 15.0. The molecule has 3 aromatic rings. The van der Waals surface area contributed by atoms with Gasteiger partial charge in [0.2, 0.25) is 11.8 Å². The highest BCUT2D eigenvalue weighted by Crippen LogP contribution is 2.31. The summed E-state index contributed by atoms with van der Waals surface area (Å²) in [5, 5.41) is 12.4. The first kappa shape index (κ1) is 20.7. The third-order valence-electron chi connectivity index (χ3n) is 6.78. The zero-order valence-corrected chi connectivity index (χ0v) is 18.0. The van der Waals surface area contributed by atoms with E-state index in [0.717, 1.165) is 29.5 Å². The van der Waals surface area contributed by atoms with Gasteiger partial charge in [-0.2, -0.15) is 0 Å². The molecule has 7 nitrogen and oxygen atoms in total. The van der Waals surface area contributed by atoms with Gasteiger partial charge in [0.1, 0.15) is 5.52 Å². The Hall–Kier alpha value is -3.19. The molecule has 32 heavy (non-hydrogen) atoms. The van der Waals surface area contributed by atoms with Crippen molar-refractivity contribution in [1.82, 2.24) is 15.2 Å². The van der Waals surface area contributed by atoms with Crippen LogP contribution in [-0.4, -0.2) is 52.0 Å². The first-order valence-electron chi connectivity index (χ1n) is 11.2. The molecule has 2 aliphatic carbocycles. The van der Waals surface area contributed by atoms with Crippen LogP contribution < -0.4 is 5.32 Å². The number of oxazole rings is 1. The molecule has 2 amide bonds. The van der Waals surface area contributed by atoms with Crippen molar-refractivity contribution in [1.29, 1.82) is 0 Å². The maximum Gasteiger partial charge on any atom is 0.253 e. The Morgan fingerprint density at radius 1 is 1.06 bits per heavy atom. The molecule has 2 atom stereocenters. The fraction of sp³-hybridized carbons (Fsp3) is 0.400. The molecular formula is C25H27N3O4. The third kappa shape index (κ3) is 4.00. The normalized spacial score (nSPS) is 24.8. The van der Waals surface area contributed by atoms with Gasteiger partial charge in [-0.1, -0.05) is 12.1 Å². The average Bonchev–Trinajstić information content (AvgIpc) is 3.44. The lowest BCUT2D eigenvalue weighted by Gasteiger charge is -2.32. The van der Waals surface area contributed by atoms with Gasteiger partial charge in [-0.05, 0) is 68.5 Å². The second kappa shape index (κ2) is 8.39. The van der Waals surface area contributed by atoms with Crippen LogP contribution in [0.15, 0.2) is 52.9 Å². The maximum absolute atomic E-state index is 13.0. The number of para-hydroxylation sites is 2. The SMILES string of the molecule is CN(C(=O)c1ccc(-c2nc3ccccc3o2)cc1)[C@@H]1CC[C@H](C(=O)N[C@H]2C[C@@H](O)C2)C1. The van der Waals surface area contributed by atoms with Crippen LogP contribution in [0.2, 0.25) is 0 Å². The number of hydrogen-bond donors (Lipinski definition) is 2. The van der Waals surface area contributed by atoms with Crippen LogP contribution in [0.3, 0.4) is 0 Å². The van der Waals surface area contributed by atoms with E-state index in [0.29, 0.717) is 30.7 Å². The van der Waals surface area contributed by atoms with Crippen molar-refractivity contribution >= 4 is 22.9 Å². The van der Waals surface area contributed by atoms with Crippen molar-refractivity contribution in [2.24, 2.45) is 5.92 Å². The Morgan fingerprint density at radius 3 is 2.53 bits per heavy atom. The van der Waals surface area contributed by atoms with Crippen molar-refractivity contribution in [3.8, 4) is 11.5 Å². The van der Waals surface area contributed by atoms with E-state index >= 15 is 0 Å². The van der Waals surface area contributed by atoms with Gasteiger partial charge in [0.05, 0.1) is 6.10 Å². The van der Waals surface area contributed by atoms with Crippen molar-refractivity contribution < 1.29 is 19.1 Å². The molecule has 166 valence electrons. The Morgan fingerprint density at radius 2 is 1.81 bits per heavy atom. The molecule has 0 spiro atoms. The molecule has 0 aliphatic heterocycles. The van der Waals surface area contributed by atoms with Crippen molar-refractivity contribution in [3.05, 3.63) is 54.1 Å². The summed E-state index contributed by atoms with van der Waals surface area (Å²) >= 11 is 0. The lowest BCUT2D eigenvalue weighted by atomic mass is 9.89. The van der Waals surface area contributed by atoms with Gasteiger partial charge in [-0.25, -0.2) is 4.98 Å². The van der Waals surface area contributed by atoms with Crippen LogP contribution in [0, 0.1) is 5.92 Å². The summed E-state index contributed by atoms with van der Waals surface area (Å²) in [5.41, 5.74) is 2.95. The number of carbonyl (C=O) groups is 2. The van der Waals surface area contributed by atoms with E-state index in [2.05, 4.69) is 10.3 Å². The number of aliphatic hydroxyl groups is 1. The molecule has 0 bridgehead atoms. The zero-order valence-electron chi connectivity index (χ0n) is 18.0. The molecule has 0 radical (unpaired) electrons. The predicted molar refractivity (Wildman–Crippen MR) is 120 cm³/mol. The molecule has 1 heterocycles. The lowest BCUT2D eigenvalue weighted by Crippen LogP contribution is -2.48. The lowest BCUT2D eigenvalue weighted by molar-refractivity contribution is -0.127. The van der Waals surface area contributed by atoms with Crippen LogP contribution in [0.1, 0.15) is 42.5 Å². The van der Waals surface area contributed by atoms with Crippen molar-refractivity contribution in [2.45, 2.75) is 50.3 Å². The number of nitrogens with zero attached hydrogens (tertiary/aromatic N) is 2. The molecule has 1 aromatic heterocycles. The number of aliphatic hydroxyl groups excluding tert-OH is 1. The average molecular weight is 434 g/mol. The predicted octanol–water partition coefficient (Wildman–Crippen LogP) is 3.38. The van der Waals surface area contributed by atoms with E-state index in [1.54, 1.807) is 17.0 Å². The van der Waals surface area contributed by atoms with Crippen LogP contribution in [-0.2, 0) is 4.79 Å². The molecule has 0 saturated heterocycles. The summed E-state index contributed by atoms with van der Waals surface area (Å²) in [6.07, 6.45) is 3.26. The number of benzene rings is 2. The van der Waals surface area contributed by atoms with E-state index in [1.165, 1.54) is 0 Å². The minimum atomic E-state index is -0.283. The van der Waals surface area contributed by atoms with Gasteiger partial charge in [0.15, 0.2) is 5.58 Å². The standard InChI is InChI=1S/C25H27N3O4/c1-28(19-11-10-17(12-19)23(30)26-18-13-20(29)14-18)25(31)16-8-6-15(7-9-16)24-27-21-4-2-3-5-22(21)32-24/h2-9,17-20,29H,10-14H2,1H3,(H,26,30)/t17-,18-,19+,20+/m0/s1. The number of rotatable bonds is 5. The number of nitrogens with one attached hydrogen (secondary N) is 1. The maximum atomic E-state index is 13.0. The second-order valence-corrected chi connectivity index (χ2v) is 8.97. The highest BCUT2D eigenvalue weighted by atomic mass is 16.3.